The van der Waals surface area contributed by atoms with Gasteiger partial charge in [-0.05, 0) is 43.0 Å². The maximum atomic E-state index is 6.38. The van der Waals surface area contributed by atoms with Crippen molar-refractivity contribution in [1.29, 1.82) is 0 Å². The molecule has 19 heavy (non-hydrogen) atoms. The highest BCUT2D eigenvalue weighted by Crippen LogP contribution is 2.32. The molecule has 1 fully saturated rings. The molecule has 106 valence electrons. The molecule has 2 nitrogen and oxygen atoms in total. The quantitative estimate of drug-likeness (QED) is 0.888. The minimum Gasteiger partial charge on any atom is -0.326 e. The van der Waals surface area contributed by atoms with E-state index in [-0.39, 0.29) is 6.04 Å². The minimum absolute atomic E-state index is 0.175. The number of benzene rings is 1. The Labute approximate surface area is 121 Å². The lowest BCUT2D eigenvalue weighted by Gasteiger charge is -2.33. The molecule has 0 aromatic heterocycles. The fourth-order valence-electron chi connectivity index (χ4n) is 3.09. The average molecular weight is 281 g/mol. The maximum Gasteiger partial charge on any atom is 0.0499 e. The van der Waals surface area contributed by atoms with Crippen LogP contribution < -0.4 is 5.73 Å². The monoisotopic (exact) mass is 280 g/mol. The summed E-state index contributed by atoms with van der Waals surface area (Å²) >= 11 is 6.14. The van der Waals surface area contributed by atoms with Crippen LogP contribution in [-0.4, -0.2) is 24.0 Å². The van der Waals surface area contributed by atoms with Crippen molar-refractivity contribution in [3.63, 3.8) is 0 Å². The van der Waals surface area contributed by atoms with Gasteiger partial charge < -0.3 is 5.73 Å². The van der Waals surface area contributed by atoms with Crippen LogP contribution in [0.4, 0.5) is 0 Å². The number of rotatable bonds is 5. The van der Waals surface area contributed by atoms with E-state index in [9.17, 15) is 0 Å². The van der Waals surface area contributed by atoms with Crippen molar-refractivity contribution in [2.75, 3.05) is 13.1 Å². The predicted molar refractivity (Wildman–Crippen MR) is 82.4 cm³/mol. The number of hydrogen-bond acceptors (Lipinski definition) is 2. The molecule has 1 aromatic rings. The van der Waals surface area contributed by atoms with Crippen LogP contribution in [0.25, 0.3) is 0 Å². The third-order valence-electron chi connectivity index (χ3n) is 4.36. The molecule has 0 bridgehead atoms. The van der Waals surface area contributed by atoms with Crippen molar-refractivity contribution in [2.24, 2.45) is 11.7 Å². The van der Waals surface area contributed by atoms with E-state index < -0.39 is 0 Å². The van der Waals surface area contributed by atoms with Crippen molar-refractivity contribution in [3.05, 3.63) is 34.9 Å². The van der Waals surface area contributed by atoms with Gasteiger partial charge >= 0.3 is 0 Å². The van der Waals surface area contributed by atoms with E-state index >= 15 is 0 Å². The Morgan fingerprint density at radius 2 is 2.21 bits per heavy atom. The minimum atomic E-state index is 0.175. The molecule has 2 N–H and O–H groups in total. The second-order valence-electron chi connectivity index (χ2n) is 5.63. The summed E-state index contributed by atoms with van der Waals surface area (Å²) < 4.78 is 0. The highest BCUT2D eigenvalue weighted by atomic mass is 35.5. The molecular weight excluding hydrogens is 256 g/mol. The van der Waals surface area contributed by atoms with Crippen LogP contribution in [0.3, 0.4) is 0 Å². The second-order valence-corrected chi connectivity index (χ2v) is 6.07. The fourth-order valence-corrected chi connectivity index (χ4v) is 3.29. The van der Waals surface area contributed by atoms with E-state index in [4.69, 9.17) is 17.3 Å². The molecule has 1 aliphatic heterocycles. The van der Waals surface area contributed by atoms with Gasteiger partial charge in [0.15, 0.2) is 0 Å². The molecule has 3 unspecified atom stereocenters. The molecule has 2 rings (SSSR count). The van der Waals surface area contributed by atoms with Crippen LogP contribution in [0.1, 0.15) is 44.7 Å². The molecule has 0 aliphatic carbocycles. The Kier molecular flexibility index (Phi) is 5.26. The lowest BCUT2D eigenvalue weighted by Crippen LogP contribution is -2.39. The summed E-state index contributed by atoms with van der Waals surface area (Å²) in [4.78, 5) is 2.55. The van der Waals surface area contributed by atoms with Gasteiger partial charge in [0.2, 0.25) is 0 Å². The summed E-state index contributed by atoms with van der Waals surface area (Å²) in [5, 5.41) is 0.803. The first-order chi connectivity index (χ1) is 9.15. The number of hydrogen-bond donors (Lipinski definition) is 1. The second kappa shape index (κ2) is 6.74. The molecule has 3 heteroatoms. The third kappa shape index (κ3) is 3.50. The molecule has 0 radical (unpaired) electrons. The molecule has 0 amide bonds. The largest absolute Gasteiger partial charge is 0.326 e. The Hall–Kier alpha value is -0.570. The first-order valence-corrected chi connectivity index (χ1v) is 7.78. The van der Waals surface area contributed by atoms with Gasteiger partial charge in [0.25, 0.3) is 0 Å². The van der Waals surface area contributed by atoms with Gasteiger partial charge in [-0.1, -0.05) is 44.0 Å². The summed E-state index contributed by atoms with van der Waals surface area (Å²) in [7, 11) is 0. The van der Waals surface area contributed by atoms with Crippen molar-refractivity contribution in [3.8, 4) is 0 Å². The molecule has 1 aromatic carbocycles. The SMILES string of the molecule is CCC1CCN(C(c2cccc(Cl)c2)C(N)CC)C1. The predicted octanol–water partition coefficient (Wildman–Crippen LogP) is 3.85. The van der Waals surface area contributed by atoms with Crippen LogP contribution in [0.5, 0.6) is 0 Å². The number of halogens is 1. The van der Waals surface area contributed by atoms with Gasteiger partial charge in [0.1, 0.15) is 0 Å². The molecule has 0 saturated carbocycles. The van der Waals surface area contributed by atoms with Crippen LogP contribution in [0.2, 0.25) is 5.02 Å². The van der Waals surface area contributed by atoms with Gasteiger partial charge in [-0.25, -0.2) is 0 Å². The van der Waals surface area contributed by atoms with E-state index in [1.807, 2.05) is 12.1 Å². The lowest BCUT2D eigenvalue weighted by molar-refractivity contribution is 0.201. The summed E-state index contributed by atoms with van der Waals surface area (Å²) in [6.45, 7) is 6.77. The highest BCUT2D eigenvalue weighted by Gasteiger charge is 2.31. The topological polar surface area (TPSA) is 29.3 Å². The van der Waals surface area contributed by atoms with Crippen LogP contribution in [-0.2, 0) is 0 Å². The Bertz CT molecular complexity index is 407. The normalized spacial score (nSPS) is 23.5. The summed E-state index contributed by atoms with van der Waals surface area (Å²) in [5.41, 5.74) is 7.64. The Morgan fingerprint density at radius 1 is 1.42 bits per heavy atom. The zero-order valence-corrected chi connectivity index (χ0v) is 12.7. The number of nitrogens with two attached hydrogens (primary N) is 1. The zero-order valence-electron chi connectivity index (χ0n) is 12.0. The van der Waals surface area contributed by atoms with Crippen molar-refractivity contribution < 1.29 is 0 Å². The fraction of sp³-hybridized carbons (Fsp3) is 0.625. The van der Waals surface area contributed by atoms with E-state index in [1.54, 1.807) is 0 Å². The van der Waals surface area contributed by atoms with Crippen molar-refractivity contribution in [1.82, 2.24) is 4.90 Å². The smallest absolute Gasteiger partial charge is 0.0499 e. The lowest BCUT2D eigenvalue weighted by atomic mass is 9.96. The first-order valence-electron chi connectivity index (χ1n) is 7.40. The van der Waals surface area contributed by atoms with E-state index in [0.717, 1.165) is 23.9 Å². The molecule has 1 heterocycles. The van der Waals surface area contributed by atoms with Crippen LogP contribution in [0, 0.1) is 5.92 Å². The van der Waals surface area contributed by atoms with Crippen molar-refractivity contribution >= 4 is 11.6 Å². The van der Waals surface area contributed by atoms with E-state index in [0.29, 0.717) is 6.04 Å². The summed E-state index contributed by atoms with van der Waals surface area (Å²) in [6.07, 6.45) is 3.55. The summed E-state index contributed by atoms with van der Waals surface area (Å²) in [6, 6.07) is 8.67. The molecule has 1 aliphatic rings. The summed E-state index contributed by atoms with van der Waals surface area (Å²) in [5.74, 6) is 0.825. The van der Waals surface area contributed by atoms with Gasteiger partial charge in [-0.15, -0.1) is 0 Å². The van der Waals surface area contributed by atoms with Gasteiger partial charge in [-0.3, -0.25) is 4.90 Å². The Balaban J connectivity index is 2.21. The molecule has 3 atom stereocenters. The van der Waals surface area contributed by atoms with Gasteiger partial charge in [0, 0.05) is 23.7 Å². The standard InChI is InChI=1S/C16H25ClN2/c1-3-12-8-9-19(11-12)16(15(18)4-2)13-6-5-7-14(17)10-13/h5-7,10,12,15-16H,3-4,8-9,11,18H2,1-2H3. The van der Waals surface area contributed by atoms with Gasteiger partial charge in [-0.2, -0.15) is 0 Å². The van der Waals surface area contributed by atoms with Crippen LogP contribution in [0.15, 0.2) is 24.3 Å². The molecule has 0 spiro atoms. The van der Waals surface area contributed by atoms with Crippen molar-refractivity contribution in [2.45, 2.75) is 45.2 Å². The first kappa shape index (κ1) is 14.8. The number of likely N-dealkylation sites (tertiary alicyclic amines) is 1. The van der Waals surface area contributed by atoms with E-state index in [2.05, 4.69) is 30.9 Å². The highest BCUT2D eigenvalue weighted by molar-refractivity contribution is 6.30. The molecule has 1 saturated heterocycles. The molecular formula is C16H25ClN2. The average Bonchev–Trinajstić information content (AvgIpc) is 2.87. The maximum absolute atomic E-state index is 6.38. The zero-order chi connectivity index (χ0) is 13.8. The third-order valence-corrected chi connectivity index (χ3v) is 4.59. The Morgan fingerprint density at radius 3 is 2.79 bits per heavy atom. The van der Waals surface area contributed by atoms with E-state index in [1.165, 1.54) is 24.9 Å². The van der Waals surface area contributed by atoms with Gasteiger partial charge in [0.05, 0.1) is 0 Å². The van der Waals surface area contributed by atoms with Crippen LogP contribution >= 0.6 is 11.6 Å². The number of nitrogens with zero attached hydrogens (tertiary/aromatic N) is 1.